The topological polar surface area (TPSA) is 148 Å². The van der Waals surface area contributed by atoms with Crippen LogP contribution in [0.1, 0.15) is 36.8 Å². The fraction of sp³-hybridized carbons (Fsp3) is 0.206. The number of carbonyl (C=O) groups is 2. The summed E-state index contributed by atoms with van der Waals surface area (Å²) in [5, 5.41) is 12.2. The molecule has 5 rings (SSSR count). The van der Waals surface area contributed by atoms with Gasteiger partial charge in [-0.15, -0.1) is 11.3 Å². The number of hydrogen-bond acceptors (Lipinski definition) is 8. The average Bonchev–Trinajstić information content (AvgIpc) is 3.51. The molecule has 13 heteroatoms. The molecule has 0 spiro atoms. The number of fused-ring (bicyclic) bond motifs is 1. The van der Waals surface area contributed by atoms with Crippen molar-refractivity contribution in [1.82, 2.24) is 10.3 Å². The van der Waals surface area contributed by atoms with Crippen LogP contribution in [-0.4, -0.2) is 45.8 Å². The zero-order valence-electron chi connectivity index (χ0n) is 26.7. The fourth-order valence-corrected chi connectivity index (χ4v) is 6.20. The van der Waals surface area contributed by atoms with E-state index in [1.165, 1.54) is 18.4 Å². The number of sulfonamides is 1. The van der Waals surface area contributed by atoms with Crippen LogP contribution in [0.15, 0.2) is 78.2 Å². The van der Waals surface area contributed by atoms with E-state index in [4.69, 9.17) is 9.47 Å². The molecule has 0 aliphatic rings. The predicted molar refractivity (Wildman–Crippen MR) is 188 cm³/mol. The Balaban J connectivity index is 1.41. The minimum Gasteiger partial charge on any atom is -0.492 e. The van der Waals surface area contributed by atoms with Gasteiger partial charge in [-0.3, -0.25) is 9.52 Å². The van der Waals surface area contributed by atoms with Crippen LogP contribution in [-0.2, 0) is 15.4 Å². The predicted octanol–water partition coefficient (Wildman–Crippen LogP) is 7.44. The Morgan fingerprint density at radius 2 is 1.57 bits per heavy atom. The maximum atomic E-state index is 13.4. The van der Waals surface area contributed by atoms with Crippen molar-refractivity contribution in [3.8, 4) is 27.8 Å². The molecule has 0 saturated carbocycles. The number of nitrogens with one attached hydrogen (secondary N) is 4. The lowest BCUT2D eigenvalue weighted by atomic mass is 9.86. The second kappa shape index (κ2) is 13.3. The number of rotatable bonds is 9. The van der Waals surface area contributed by atoms with Crippen LogP contribution in [0.25, 0.3) is 21.3 Å². The number of thiazole rings is 1. The summed E-state index contributed by atoms with van der Waals surface area (Å²) in [6, 6.07) is 21.4. The number of urea groups is 1. The van der Waals surface area contributed by atoms with Gasteiger partial charge < -0.3 is 25.4 Å². The first-order chi connectivity index (χ1) is 22.3. The average molecular weight is 674 g/mol. The van der Waals surface area contributed by atoms with Gasteiger partial charge in [0.05, 0.1) is 30.4 Å². The van der Waals surface area contributed by atoms with E-state index >= 15 is 0 Å². The minimum atomic E-state index is -3.62. The number of benzene rings is 4. The van der Waals surface area contributed by atoms with Gasteiger partial charge in [-0.1, -0.05) is 57.2 Å². The zero-order chi connectivity index (χ0) is 33.9. The number of hydrogen-bond donors (Lipinski definition) is 4. The number of carbonyl (C=O) groups excluding carboxylic acids is 2. The number of ether oxygens (including phenoxy) is 2. The molecule has 0 saturated heterocycles. The maximum Gasteiger partial charge on any atom is 0.323 e. The lowest BCUT2D eigenvalue weighted by Crippen LogP contribution is -2.22. The van der Waals surface area contributed by atoms with Crippen molar-refractivity contribution >= 4 is 61.1 Å². The van der Waals surface area contributed by atoms with Gasteiger partial charge >= 0.3 is 6.03 Å². The van der Waals surface area contributed by atoms with E-state index in [0.717, 1.165) is 28.2 Å². The minimum absolute atomic E-state index is 0.178. The van der Waals surface area contributed by atoms with Gasteiger partial charge in [0.25, 0.3) is 5.91 Å². The van der Waals surface area contributed by atoms with Crippen LogP contribution >= 0.6 is 11.3 Å². The number of methoxy groups -OCH3 is 1. The molecule has 0 atom stereocenters. The van der Waals surface area contributed by atoms with Gasteiger partial charge in [-0.2, -0.15) is 0 Å². The third-order valence-electron chi connectivity index (χ3n) is 7.11. The Morgan fingerprint density at radius 1 is 0.872 bits per heavy atom. The third-order valence-corrected chi connectivity index (χ3v) is 8.59. The molecule has 1 aromatic heterocycles. The lowest BCUT2D eigenvalue weighted by Gasteiger charge is -2.24. The summed E-state index contributed by atoms with van der Waals surface area (Å²) in [5.41, 5.74) is 2.65. The van der Waals surface area contributed by atoms with Gasteiger partial charge in [0.1, 0.15) is 22.2 Å². The van der Waals surface area contributed by atoms with Gasteiger partial charge in [-0.05, 0) is 47.4 Å². The van der Waals surface area contributed by atoms with Crippen LogP contribution in [0.4, 0.5) is 21.9 Å². The Bertz CT molecular complexity index is 2090. The Labute approximate surface area is 277 Å². The smallest absolute Gasteiger partial charge is 0.323 e. The van der Waals surface area contributed by atoms with E-state index in [9.17, 15) is 18.0 Å². The normalized spacial score (nSPS) is 11.5. The van der Waals surface area contributed by atoms with Crippen LogP contribution < -0.4 is 30.1 Å². The Hall–Kier alpha value is -5.14. The molecule has 47 heavy (non-hydrogen) atoms. The van der Waals surface area contributed by atoms with Crippen molar-refractivity contribution in [2.75, 3.05) is 35.8 Å². The molecular weight excluding hydrogens is 639 g/mol. The van der Waals surface area contributed by atoms with E-state index in [2.05, 4.69) is 25.7 Å². The molecule has 0 fully saturated rings. The van der Waals surface area contributed by atoms with Crippen molar-refractivity contribution in [3.63, 3.8) is 0 Å². The maximum absolute atomic E-state index is 13.4. The van der Waals surface area contributed by atoms with Crippen LogP contribution in [0, 0.1) is 0 Å². The molecule has 0 aliphatic carbocycles. The summed E-state index contributed by atoms with van der Waals surface area (Å²) in [5.74, 6) is 1.08. The second-order valence-corrected chi connectivity index (χ2v) is 14.3. The van der Waals surface area contributed by atoms with Crippen LogP contribution in [0.5, 0.6) is 17.2 Å². The van der Waals surface area contributed by atoms with Gasteiger partial charge in [-0.25, -0.2) is 18.2 Å². The number of nitrogens with zero attached hydrogens (tertiary/aromatic N) is 1. The van der Waals surface area contributed by atoms with E-state index in [1.807, 2.05) is 69.3 Å². The molecule has 11 nitrogen and oxygen atoms in total. The second-order valence-electron chi connectivity index (χ2n) is 11.7. The first-order valence-corrected chi connectivity index (χ1v) is 17.3. The summed E-state index contributed by atoms with van der Waals surface area (Å²) in [4.78, 5) is 29.8. The van der Waals surface area contributed by atoms with Gasteiger partial charge in [0.2, 0.25) is 10.0 Å². The molecule has 0 aliphatic heterocycles. The van der Waals surface area contributed by atoms with E-state index in [0.29, 0.717) is 33.6 Å². The summed E-state index contributed by atoms with van der Waals surface area (Å²) in [6.07, 6.45) is 1.05. The third kappa shape index (κ3) is 7.81. The molecule has 1 heterocycles. The highest BCUT2D eigenvalue weighted by atomic mass is 32.2. The molecule has 0 bridgehead atoms. The molecule has 5 aromatic rings. The molecule has 3 amide bonds. The SMILES string of the molecule is CNC(=O)c1csc(-c2cccc(Oc3ccc(NC(=O)Nc4cc(C(C)(C)C)cc(NS(C)(=O)=O)c4OC)c4ccccc34)c2)n1. The van der Waals surface area contributed by atoms with Crippen molar-refractivity contribution in [1.29, 1.82) is 0 Å². The summed E-state index contributed by atoms with van der Waals surface area (Å²) in [7, 11) is -0.655. The number of amides is 3. The van der Waals surface area contributed by atoms with Crippen LogP contribution in [0.3, 0.4) is 0 Å². The number of aromatic nitrogens is 1. The van der Waals surface area contributed by atoms with Crippen molar-refractivity contribution in [2.24, 2.45) is 0 Å². The fourth-order valence-electron chi connectivity index (χ4n) is 4.85. The molecule has 4 N–H and O–H groups in total. The van der Waals surface area contributed by atoms with Crippen molar-refractivity contribution < 1.29 is 27.5 Å². The first-order valence-electron chi connectivity index (χ1n) is 14.5. The molecular formula is C34H35N5O6S2. The highest BCUT2D eigenvalue weighted by Crippen LogP contribution is 2.40. The summed E-state index contributed by atoms with van der Waals surface area (Å²) in [6.45, 7) is 5.95. The zero-order valence-corrected chi connectivity index (χ0v) is 28.4. The Kier molecular flexibility index (Phi) is 9.40. The summed E-state index contributed by atoms with van der Waals surface area (Å²) >= 11 is 1.37. The number of anilines is 3. The van der Waals surface area contributed by atoms with Crippen molar-refractivity contribution in [3.05, 3.63) is 89.4 Å². The van der Waals surface area contributed by atoms with E-state index < -0.39 is 16.1 Å². The Morgan fingerprint density at radius 3 is 2.26 bits per heavy atom. The molecule has 0 radical (unpaired) electrons. The largest absolute Gasteiger partial charge is 0.492 e. The first kappa shape index (κ1) is 33.2. The summed E-state index contributed by atoms with van der Waals surface area (Å²) < 4.78 is 38.5. The van der Waals surface area contributed by atoms with Crippen molar-refractivity contribution in [2.45, 2.75) is 26.2 Å². The monoisotopic (exact) mass is 673 g/mol. The molecule has 4 aromatic carbocycles. The standard InChI is InChI=1S/C34H35N5O6S2/c1-34(2,3)21-17-26(30(44-5)27(18-21)39-47(6,42)43)38-33(41)37-25-14-15-29(24-13-8-7-12-23(24)25)45-22-11-9-10-20(16-22)32-36-28(19-46-32)31(40)35-4/h7-19,39H,1-6H3,(H,35,40)(H2,37,38,41). The highest BCUT2D eigenvalue weighted by molar-refractivity contribution is 7.92. The highest BCUT2D eigenvalue weighted by Gasteiger charge is 2.22. The molecule has 244 valence electrons. The van der Waals surface area contributed by atoms with Gasteiger partial charge in [0.15, 0.2) is 5.75 Å². The lowest BCUT2D eigenvalue weighted by molar-refractivity contribution is 0.0959. The van der Waals surface area contributed by atoms with Crippen LogP contribution in [0.2, 0.25) is 0 Å². The van der Waals surface area contributed by atoms with E-state index in [-0.39, 0.29) is 22.8 Å². The quantitative estimate of drug-likeness (QED) is 0.127. The molecule has 0 unspecified atom stereocenters. The van der Waals surface area contributed by atoms with E-state index in [1.54, 1.807) is 36.7 Å². The van der Waals surface area contributed by atoms with Gasteiger partial charge in [0, 0.05) is 28.8 Å².